The van der Waals surface area contributed by atoms with E-state index < -0.39 is 0 Å². The van der Waals surface area contributed by atoms with E-state index in [9.17, 15) is 0 Å². The molecule has 91 valence electrons. The highest BCUT2D eigenvalue weighted by Gasteiger charge is 1.74. The lowest BCUT2D eigenvalue weighted by molar-refractivity contribution is 1.03. The Balaban J connectivity index is 2.58. The average Bonchev–Trinajstić information content (AvgIpc) is 2.39. The Morgan fingerprint density at radius 3 is 1.50 bits per heavy atom. The Hall–Kier alpha value is -2.08. The number of allylic oxidation sites excluding steroid dienone is 16. The van der Waals surface area contributed by atoms with Crippen LogP contribution in [-0.4, -0.2) is 0 Å². The average molecular weight is 235 g/mol. The predicted octanol–water partition coefficient (Wildman–Crippen LogP) is 5.03. The highest BCUT2D eigenvalue weighted by atomic mass is 13.8. The highest BCUT2D eigenvalue weighted by molar-refractivity contribution is 5.21. The molecule has 1 radical (unpaired) electrons. The van der Waals surface area contributed by atoms with Crippen LogP contribution in [0.5, 0.6) is 0 Å². The summed E-state index contributed by atoms with van der Waals surface area (Å²) in [6, 6.07) is 0. The van der Waals surface area contributed by atoms with Crippen molar-refractivity contribution in [2.75, 3.05) is 0 Å². The molecule has 0 spiro atoms. The maximum Gasteiger partial charge on any atom is -0.0241 e. The van der Waals surface area contributed by atoms with E-state index in [1.807, 2.05) is 79.0 Å². The minimum Gasteiger partial charge on any atom is -0.0842 e. The summed E-state index contributed by atoms with van der Waals surface area (Å²) in [5.74, 6) is 0. The first kappa shape index (κ1) is 14.0. The van der Waals surface area contributed by atoms with Crippen LogP contribution in [-0.2, 0) is 0 Å². The minimum absolute atomic E-state index is 0.955. The van der Waals surface area contributed by atoms with Crippen LogP contribution in [0, 0.1) is 6.08 Å². The molecule has 0 heteroatoms. The molecule has 0 aromatic rings. The molecule has 1 aliphatic carbocycles. The van der Waals surface area contributed by atoms with E-state index in [1.54, 1.807) is 0 Å². The van der Waals surface area contributed by atoms with Crippen molar-refractivity contribution in [1.82, 2.24) is 0 Å². The molecular weight excluding hydrogens is 216 g/mol. The summed E-state index contributed by atoms with van der Waals surface area (Å²) in [7, 11) is 0. The quantitative estimate of drug-likeness (QED) is 0.552. The molecule has 0 amide bonds. The lowest BCUT2D eigenvalue weighted by atomic mass is 10.2. The fourth-order valence-corrected chi connectivity index (χ4v) is 1.25. The smallest absolute Gasteiger partial charge is 0.0241 e. The van der Waals surface area contributed by atoms with Gasteiger partial charge in [0.2, 0.25) is 0 Å². The maximum atomic E-state index is 3.23. The van der Waals surface area contributed by atoms with E-state index in [4.69, 9.17) is 0 Å². The Bertz CT molecular complexity index is 379. The van der Waals surface area contributed by atoms with Gasteiger partial charge in [-0.1, -0.05) is 91.1 Å². The second kappa shape index (κ2) is 11.4. The molecule has 0 fully saturated rings. The molecule has 0 N–H and O–H groups in total. The summed E-state index contributed by atoms with van der Waals surface area (Å²) in [5, 5.41) is 0. The van der Waals surface area contributed by atoms with Crippen molar-refractivity contribution in [1.29, 1.82) is 0 Å². The predicted molar refractivity (Wildman–Crippen MR) is 81.0 cm³/mol. The summed E-state index contributed by atoms with van der Waals surface area (Å²) < 4.78 is 0. The molecule has 0 aromatic heterocycles. The minimum atomic E-state index is 0.955. The topological polar surface area (TPSA) is 0 Å². The van der Waals surface area contributed by atoms with E-state index in [2.05, 4.69) is 18.2 Å². The third kappa shape index (κ3) is 9.17. The maximum absolute atomic E-state index is 3.23. The van der Waals surface area contributed by atoms with Crippen LogP contribution < -0.4 is 0 Å². The van der Waals surface area contributed by atoms with Crippen LogP contribution in [0.4, 0.5) is 0 Å². The fourth-order valence-electron chi connectivity index (χ4n) is 1.25. The van der Waals surface area contributed by atoms with Gasteiger partial charge in [-0.05, 0) is 18.9 Å². The van der Waals surface area contributed by atoms with E-state index in [0.717, 1.165) is 12.8 Å². The Morgan fingerprint density at radius 2 is 0.944 bits per heavy atom. The van der Waals surface area contributed by atoms with Gasteiger partial charge in [-0.25, -0.2) is 0 Å². The van der Waals surface area contributed by atoms with Crippen molar-refractivity contribution >= 4 is 0 Å². The van der Waals surface area contributed by atoms with Crippen LogP contribution in [0.3, 0.4) is 0 Å². The van der Waals surface area contributed by atoms with Crippen molar-refractivity contribution in [3.63, 3.8) is 0 Å². The highest BCUT2D eigenvalue weighted by Crippen LogP contribution is 1.93. The zero-order chi connectivity index (χ0) is 12.7. The van der Waals surface area contributed by atoms with Gasteiger partial charge in [-0.15, -0.1) is 0 Å². The molecule has 0 heterocycles. The van der Waals surface area contributed by atoms with Crippen LogP contribution >= 0.6 is 0 Å². The molecule has 0 nitrogen and oxygen atoms in total. The molecule has 0 saturated carbocycles. The fraction of sp³-hybridized carbons (Fsp3) is 0.111. The zero-order valence-electron chi connectivity index (χ0n) is 10.6. The summed E-state index contributed by atoms with van der Waals surface area (Å²) >= 11 is 0. The summed E-state index contributed by atoms with van der Waals surface area (Å²) in [5.41, 5.74) is 0. The standard InChI is InChI=1S/C18H19/c1-2-4-6-8-10-12-14-16-18-17-15-13-11-9-7-5-3-1/h1-15H,16,18H2/b2-1-,5-3+,6-4+,9-7+,10-8+,13-11-,14-12-,17-15?. The van der Waals surface area contributed by atoms with Gasteiger partial charge in [-0.2, -0.15) is 0 Å². The molecule has 0 aliphatic heterocycles. The van der Waals surface area contributed by atoms with Gasteiger partial charge in [0, 0.05) is 0 Å². The molecule has 1 rings (SSSR count). The second-order valence-electron chi connectivity index (χ2n) is 3.65. The van der Waals surface area contributed by atoms with Crippen LogP contribution in [0.2, 0.25) is 0 Å². The van der Waals surface area contributed by atoms with E-state index in [1.165, 1.54) is 0 Å². The van der Waals surface area contributed by atoms with Crippen molar-refractivity contribution < 1.29 is 0 Å². The Kier molecular flexibility index (Phi) is 8.86. The number of hydrogen-bond acceptors (Lipinski definition) is 0. The van der Waals surface area contributed by atoms with Crippen LogP contribution in [0.1, 0.15) is 12.8 Å². The number of rotatable bonds is 0. The van der Waals surface area contributed by atoms with Gasteiger partial charge in [-0.3, -0.25) is 0 Å². The normalized spacial score (nSPS) is 31.1. The van der Waals surface area contributed by atoms with Gasteiger partial charge >= 0.3 is 0 Å². The first-order valence-corrected chi connectivity index (χ1v) is 6.22. The monoisotopic (exact) mass is 235 g/mol. The van der Waals surface area contributed by atoms with Crippen molar-refractivity contribution in [3.05, 3.63) is 97.2 Å². The zero-order valence-corrected chi connectivity index (χ0v) is 10.6. The Morgan fingerprint density at radius 1 is 0.500 bits per heavy atom. The van der Waals surface area contributed by atoms with Crippen molar-refractivity contribution in [2.45, 2.75) is 12.8 Å². The largest absolute Gasteiger partial charge is 0.0842 e. The van der Waals surface area contributed by atoms with E-state index >= 15 is 0 Å². The van der Waals surface area contributed by atoms with Crippen molar-refractivity contribution in [2.24, 2.45) is 0 Å². The molecule has 1 aliphatic rings. The summed E-state index contributed by atoms with van der Waals surface area (Å²) in [6.07, 6.45) is 35.5. The van der Waals surface area contributed by atoms with Gasteiger partial charge in [0.1, 0.15) is 0 Å². The molecule has 0 atom stereocenters. The second-order valence-corrected chi connectivity index (χ2v) is 3.65. The SMILES string of the molecule is [C]1=C/C=C\C=C\C=C\C=C/C=C/C=C/C=C\CC/1. The summed E-state index contributed by atoms with van der Waals surface area (Å²) in [6.45, 7) is 0. The van der Waals surface area contributed by atoms with Crippen LogP contribution in [0.25, 0.3) is 0 Å². The molecule has 0 bridgehead atoms. The van der Waals surface area contributed by atoms with E-state index in [0.29, 0.717) is 0 Å². The first-order chi connectivity index (χ1) is 9.00. The summed E-state index contributed by atoms with van der Waals surface area (Å²) in [4.78, 5) is 0. The third-order valence-electron chi connectivity index (χ3n) is 2.14. The van der Waals surface area contributed by atoms with E-state index in [-0.39, 0.29) is 0 Å². The molecule has 0 saturated heterocycles. The lowest BCUT2D eigenvalue weighted by Gasteiger charge is -1.83. The van der Waals surface area contributed by atoms with Crippen molar-refractivity contribution in [3.8, 4) is 0 Å². The van der Waals surface area contributed by atoms with Gasteiger partial charge in [0.25, 0.3) is 0 Å². The van der Waals surface area contributed by atoms with Crippen LogP contribution in [0.15, 0.2) is 91.1 Å². The lowest BCUT2D eigenvalue weighted by Crippen LogP contribution is -1.64. The molecule has 0 unspecified atom stereocenters. The first-order valence-electron chi connectivity index (χ1n) is 6.22. The van der Waals surface area contributed by atoms with Gasteiger partial charge in [0.05, 0.1) is 0 Å². The third-order valence-corrected chi connectivity index (χ3v) is 2.14. The van der Waals surface area contributed by atoms with Gasteiger partial charge < -0.3 is 0 Å². The molecular formula is C18H19. The molecule has 18 heavy (non-hydrogen) atoms. The van der Waals surface area contributed by atoms with Gasteiger partial charge in [0.15, 0.2) is 0 Å². The Labute approximate surface area is 110 Å². The molecule has 0 aromatic carbocycles. The number of hydrogen-bond donors (Lipinski definition) is 0.